The predicted molar refractivity (Wildman–Crippen MR) is 134 cm³/mol. The number of hydrogen-bond acceptors (Lipinski definition) is 4. The molecule has 0 aliphatic rings. The predicted octanol–water partition coefficient (Wildman–Crippen LogP) is 6.75. The summed E-state index contributed by atoms with van der Waals surface area (Å²) >= 11 is 6.27. The number of benzene rings is 2. The first-order valence-corrected chi connectivity index (χ1v) is 11.6. The van der Waals surface area contributed by atoms with E-state index in [-0.39, 0.29) is 24.2 Å². The molecule has 6 nitrogen and oxygen atoms in total. The minimum Gasteiger partial charge on any atom is -0.485 e. The fourth-order valence-corrected chi connectivity index (χ4v) is 3.84. The van der Waals surface area contributed by atoms with Crippen molar-refractivity contribution < 1.29 is 13.9 Å². The summed E-state index contributed by atoms with van der Waals surface area (Å²) in [5.74, 6) is 1.87. The molecule has 2 aromatic heterocycles. The number of amides is 1. The van der Waals surface area contributed by atoms with Gasteiger partial charge in [-0.25, -0.2) is 0 Å². The van der Waals surface area contributed by atoms with E-state index in [1.807, 2.05) is 31.3 Å². The molecule has 2 aromatic carbocycles. The van der Waals surface area contributed by atoms with Gasteiger partial charge in [-0.15, -0.1) is 0 Å². The Kier molecular flexibility index (Phi) is 7.08. The summed E-state index contributed by atoms with van der Waals surface area (Å²) in [7, 11) is 0. The van der Waals surface area contributed by atoms with Crippen LogP contribution in [0.15, 0.2) is 65.2 Å². The zero-order chi connectivity index (χ0) is 24.2. The van der Waals surface area contributed by atoms with Crippen molar-refractivity contribution >= 4 is 23.3 Å². The number of furan rings is 1. The lowest BCUT2D eigenvalue weighted by Crippen LogP contribution is -2.12. The van der Waals surface area contributed by atoms with Crippen molar-refractivity contribution in [3.8, 4) is 5.75 Å². The largest absolute Gasteiger partial charge is 0.485 e. The lowest BCUT2D eigenvalue weighted by molar-refractivity contribution is 0.0992. The Bertz CT molecular complexity index is 1310. The molecule has 1 N–H and O–H groups in total. The molecule has 1 amide bonds. The van der Waals surface area contributed by atoms with Crippen molar-refractivity contribution in [2.45, 2.75) is 46.8 Å². The van der Waals surface area contributed by atoms with E-state index in [1.165, 1.54) is 5.56 Å². The van der Waals surface area contributed by atoms with Crippen molar-refractivity contribution in [2.75, 3.05) is 5.32 Å². The molecule has 0 fully saturated rings. The van der Waals surface area contributed by atoms with E-state index in [9.17, 15) is 4.79 Å². The minimum atomic E-state index is -0.364. The number of carbonyl (C=O) groups is 1. The first-order valence-electron chi connectivity index (χ1n) is 11.2. The van der Waals surface area contributed by atoms with Gasteiger partial charge in [-0.05, 0) is 60.7 Å². The summed E-state index contributed by atoms with van der Waals surface area (Å²) < 4.78 is 13.5. The van der Waals surface area contributed by atoms with Gasteiger partial charge in [0.15, 0.2) is 11.6 Å². The zero-order valence-electron chi connectivity index (χ0n) is 19.8. The van der Waals surface area contributed by atoms with Crippen LogP contribution in [-0.4, -0.2) is 15.7 Å². The van der Waals surface area contributed by atoms with Crippen LogP contribution in [0.3, 0.4) is 0 Å². The number of nitrogens with zero attached hydrogens (tertiary/aromatic N) is 2. The van der Waals surface area contributed by atoms with Crippen LogP contribution in [0.25, 0.3) is 0 Å². The Hall–Kier alpha value is -3.51. The van der Waals surface area contributed by atoms with Gasteiger partial charge in [0, 0.05) is 17.3 Å². The molecule has 0 saturated heterocycles. The molecule has 0 atom stereocenters. The standard InChI is InChI=1S/C27H28ClN3O3/c1-17(2)22-14-23(28)19(4)13-25(22)33-16-21-8-9-24(34-21)27(32)29-26-10-11-31(30-26)15-20-7-5-6-18(3)12-20/h5-14,17H,15-16H2,1-4H3,(H,29,30,32). The quantitative estimate of drug-likeness (QED) is 0.304. The molecule has 2 heterocycles. The van der Waals surface area contributed by atoms with Crippen molar-refractivity contribution in [3.05, 3.63) is 99.6 Å². The number of hydrogen-bond donors (Lipinski definition) is 1. The SMILES string of the molecule is Cc1cccc(Cn2ccc(NC(=O)c3ccc(COc4cc(C)c(Cl)cc4C(C)C)o3)n2)c1. The molecule has 0 saturated carbocycles. The van der Waals surface area contributed by atoms with Crippen molar-refractivity contribution in [1.29, 1.82) is 0 Å². The smallest absolute Gasteiger partial charge is 0.292 e. The van der Waals surface area contributed by atoms with E-state index in [0.29, 0.717) is 23.1 Å². The molecule has 176 valence electrons. The van der Waals surface area contributed by atoms with Crippen LogP contribution < -0.4 is 10.1 Å². The van der Waals surface area contributed by atoms with Gasteiger partial charge in [0.25, 0.3) is 5.91 Å². The molecule has 0 unspecified atom stereocenters. The average Bonchev–Trinajstić information content (AvgIpc) is 3.44. The molecule has 0 spiro atoms. The van der Waals surface area contributed by atoms with Gasteiger partial charge in [-0.3, -0.25) is 9.48 Å². The van der Waals surface area contributed by atoms with E-state index in [2.05, 4.69) is 49.4 Å². The van der Waals surface area contributed by atoms with Crippen molar-refractivity contribution in [2.24, 2.45) is 0 Å². The van der Waals surface area contributed by atoms with E-state index < -0.39 is 0 Å². The number of anilines is 1. The maximum atomic E-state index is 12.6. The van der Waals surface area contributed by atoms with Gasteiger partial charge in [0.05, 0.1) is 6.54 Å². The molecular formula is C27H28ClN3O3. The molecule has 0 aliphatic heterocycles. The first kappa shape index (κ1) is 23.6. The van der Waals surface area contributed by atoms with Crippen molar-refractivity contribution in [1.82, 2.24) is 9.78 Å². The van der Waals surface area contributed by atoms with Gasteiger partial charge < -0.3 is 14.5 Å². The number of rotatable bonds is 8. The third-order valence-corrected chi connectivity index (χ3v) is 5.88. The van der Waals surface area contributed by atoms with Crippen LogP contribution in [0.2, 0.25) is 5.02 Å². The fourth-order valence-electron chi connectivity index (χ4n) is 3.66. The van der Waals surface area contributed by atoms with Crippen LogP contribution in [0, 0.1) is 13.8 Å². The zero-order valence-corrected chi connectivity index (χ0v) is 20.5. The molecule has 4 rings (SSSR count). The molecular weight excluding hydrogens is 450 g/mol. The Labute approximate surface area is 204 Å². The highest BCUT2D eigenvalue weighted by Gasteiger charge is 2.15. The summed E-state index contributed by atoms with van der Waals surface area (Å²) in [5.41, 5.74) is 4.32. The highest BCUT2D eigenvalue weighted by Crippen LogP contribution is 2.32. The van der Waals surface area contributed by atoms with E-state index in [4.69, 9.17) is 20.8 Å². The minimum absolute atomic E-state index is 0.197. The summed E-state index contributed by atoms with van der Waals surface area (Å²) in [6, 6.07) is 17.2. The van der Waals surface area contributed by atoms with Gasteiger partial charge in [0.2, 0.25) is 0 Å². The van der Waals surface area contributed by atoms with Crippen molar-refractivity contribution in [3.63, 3.8) is 0 Å². The number of aryl methyl sites for hydroxylation is 2. The Morgan fingerprint density at radius 3 is 2.74 bits per heavy atom. The fraction of sp³-hybridized carbons (Fsp3) is 0.259. The third-order valence-electron chi connectivity index (χ3n) is 5.48. The van der Waals surface area contributed by atoms with Crippen LogP contribution >= 0.6 is 11.6 Å². The van der Waals surface area contributed by atoms with E-state index in [1.54, 1.807) is 22.9 Å². The summed E-state index contributed by atoms with van der Waals surface area (Å²) in [5, 5.41) is 7.93. The molecule has 7 heteroatoms. The number of nitrogens with one attached hydrogen (secondary N) is 1. The molecule has 0 aliphatic carbocycles. The Morgan fingerprint density at radius 2 is 1.97 bits per heavy atom. The summed E-state index contributed by atoms with van der Waals surface area (Å²) in [6.07, 6.45) is 1.83. The molecule has 34 heavy (non-hydrogen) atoms. The van der Waals surface area contributed by atoms with Crippen LogP contribution in [0.1, 0.15) is 58.3 Å². The second-order valence-electron chi connectivity index (χ2n) is 8.69. The number of halogens is 1. The molecule has 0 bridgehead atoms. The van der Waals surface area contributed by atoms with Crippen LogP contribution in [0.4, 0.5) is 5.82 Å². The highest BCUT2D eigenvalue weighted by atomic mass is 35.5. The lowest BCUT2D eigenvalue weighted by Gasteiger charge is -2.15. The Morgan fingerprint density at radius 1 is 1.15 bits per heavy atom. The van der Waals surface area contributed by atoms with Gasteiger partial charge in [0.1, 0.15) is 18.1 Å². The van der Waals surface area contributed by atoms with Crippen LogP contribution in [-0.2, 0) is 13.2 Å². The van der Waals surface area contributed by atoms with E-state index >= 15 is 0 Å². The summed E-state index contributed by atoms with van der Waals surface area (Å²) in [4.78, 5) is 12.6. The Balaban J connectivity index is 1.37. The normalized spacial score (nSPS) is 11.1. The van der Waals surface area contributed by atoms with Gasteiger partial charge in [-0.1, -0.05) is 55.3 Å². The number of carbonyl (C=O) groups excluding carboxylic acids is 1. The maximum Gasteiger partial charge on any atom is 0.292 e. The number of aromatic nitrogens is 2. The second kappa shape index (κ2) is 10.2. The maximum absolute atomic E-state index is 12.6. The number of ether oxygens (including phenoxy) is 1. The summed E-state index contributed by atoms with van der Waals surface area (Å²) in [6.45, 7) is 9.01. The monoisotopic (exact) mass is 477 g/mol. The second-order valence-corrected chi connectivity index (χ2v) is 9.10. The lowest BCUT2D eigenvalue weighted by atomic mass is 10.0. The van der Waals surface area contributed by atoms with Crippen LogP contribution in [0.5, 0.6) is 5.75 Å². The third kappa shape index (κ3) is 5.69. The molecule has 0 radical (unpaired) electrons. The van der Waals surface area contributed by atoms with Gasteiger partial charge >= 0.3 is 0 Å². The van der Waals surface area contributed by atoms with Gasteiger partial charge in [-0.2, -0.15) is 5.10 Å². The first-order chi connectivity index (χ1) is 16.3. The highest BCUT2D eigenvalue weighted by molar-refractivity contribution is 6.31. The average molecular weight is 478 g/mol. The molecule has 4 aromatic rings. The topological polar surface area (TPSA) is 69.3 Å². The van der Waals surface area contributed by atoms with E-state index in [0.717, 1.165) is 22.4 Å².